The molecule has 0 saturated heterocycles. The summed E-state index contributed by atoms with van der Waals surface area (Å²) in [6.45, 7) is 0.453. The van der Waals surface area contributed by atoms with E-state index in [1.54, 1.807) is 0 Å². The van der Waals surface area contributed by atoms with Crippen LogP contribution in [0.2, 0.25) is 0 Å². The van der Waals surface area contributed by atoms with Gasteiger partial charge in [0, 0.05) is 16.1 Å². The number of rotatable bonds is 2. The zero-order chi connectivity index (χ0) is 11.3. The lowest BCUT2D eigenvalue weighted by Gasteiger charge is -2.00. The summed E-state index contributed by atoms with van der Waals surface area (Å²) in [5.41, 5.74) is 6.83. The molecule has 1 aliphatic carbocycles. The van der Waals surface area contributed by atoms with Gasteiger partial charge in [-0.15, -0.1) is 11.3 Å². The first-order valence-corrected chi connectivity index (χ1v) is 6.12. The van der Waals surface area contributed by atoms with Gasteiger partial charge >= 0.3 is 0 Å². The minimum atomic E-state index is -0.778. The fourth-order valence-electron chi connectivity index (χ4n) is 2.13. The van der Waals surface area contributed by atoms with Gasteiger partial charge in [-0.1, -0.05) is 0 Å². The molecule has 0 bridgehead atoms. The minimum Gasteiger partial charge on any atom is -0.326 e. The molecule has 2 N–H and O–H groups in total. The van der Waals surface area contributed by atoms with Crippen LogP contribution in [0.15, 0.2) is 12.1 Å². The minimum absolute atomic E-state index is 0.453. The van der Waals surface area contributed by atoms with Gasteiger partial charge in [-0.2, -0.15) is 0 Å². The summed E-state index contributed by atoms with van der Waals surface area (Å²) in [6.07, 6.45) is 2.27. The molecule has 0 spiro atoms. The molecule has 1 fully saturated rings. The Labute approximate surface area is 95.9 Å². The van der Waals surface area contributed by atoms with Crippen LogP contribution < -0.4 is 5.73 Å². The smallest absolute Gasteiger partial charge is 0.160 e. The van der Waals surface area contributed by atoms with Crippen LogP contribution in [0.25, 0.3) is 10.1 Å². The average molecular weight is 239 g/mol. The molecule has 1 aromatic carbocycles. The van der Waals surface area contributed by atoms with Crippen molar-refractivity contribution in [2.45, 2.75) is 25.3 Å². The summed E-state index contributed by atoms with van der Waals surface area (Å²) in [5, 5.41) is 0.854. The van der Waals surface area contributed by atoms with Gasteiger partial charge in [-0.3, -0.25) is 0 Å². The Morgan fingerprint density at radius 3 is 2.56 bits per heavy atom. The van der Waals surface area contributed by atoms with E-state index in [2.05, 4.69) is 0 Å². The molecule has 0 radical (unpaired) electrons. The summed E-state index contributed by atoms with van der Waals surface area (Å²) < 4.78 is 27.1. The molecule has 1 heterocycles. The van der Waals surface area contributed by atoms with Crippen molar-refractivity contribution < 1.29 is 8.78 Å². The van der Waals surface area contributed by atoms with Crippen molar-refractivity contribution in [2.75, 3.05) is 0 Å². The number of hydrogen-bond donors (Lipinski definition) is 1. The Morgan fingerprint density at radius 2 is 1.94 bits per heavy atom. The van der Waals surface area contributed by atoms with Crippen LogP contribution in [0.4, 0.5) is 8.78 Å². The predicted molar refractivity (Wildman–Crippen MR) is 61.6 cm³/mol. The normalized spacial score (nSPS) is 15.9. The molecular formula is C12H11F2NS. The van der Waals surface area contributed by atoms with E-state index in [0.717, 1.165) is 33.4 Å². The van der Waals surface area contributed by atoms with Crippen LogP contribution in [-0.2, 0) is 6.54 Å². The lowest BCUT2D eigenvalue weighted by Crippen LogP contribution is -1.96. The van der Waals surface area contributed by atoms with Gasteiger partial charge in [0.1, 0.15) is 0 Å². The fraction of sp³-hybridized carbons (Fsp3) is 0.333. The monoisotopic (exact) mass is 239 g/mol. The highest BCUT2D eigenvalue weighted by atomic mass is 32.1. The largest absolute Gasteiger partial charge is 0.326 e. The highest BCUT2D eigenvalue weighted by Crippen LogP contribution is 2.48. The number of halogens is 2. The van der Waals surface area contributed by atoms with Gasteiger partial charge in [0.2, 0.25) is 0 Å². The quantitative estimate of drug-likeness (QED) is 0.852. The Hall–Kier alpha value is -1.00. The molecule has 0 aliphatic heterocycles. The summed E-state index contributed by atoms with van der Waals surface area (Å²) in [6, 6.07) is 2.59. The van der Waals surface area contributed by atoms with E-state index in [-0.39, 0.29) is 0 Å². The first kappa shape index (κ1) is 10.2. The molecule has 2 aromatic rings. The molecule has 84 valence electrons. The number of benzene rings is 1. The van der Waals surface area contributed by atoms with Crippen LogP contribution in [0.5, 0.6) is 0 Å². The van der Waals surface area contributed by atoms with E-state index < -0.39 is 11.6 Å². The summed E-state index contributed by atoms with van der Waals surface area (Å²) in [5.74, 6) is -1.03. The molecule has 1 nitrogen and oxygen atoms in total. The first-order valence-electron chi connectivity index (χ1n) is 5.31. The average Bonchev–Trinajstić information content (AvgIpc) is 3.03. The molecule has 0 atom stereocenters. The lowest BCUT2D eigenvalue weighted by atomic mass is 10.1. The van der Waals surface area contributed by atoms with Gasteiger partial charge < -0.3 is 5.73 Å². The second-order valence-electron chi connectivity index (χ2n) is 4.18. The van der Waals surface area contributed by atoms with Crippen LogP contribution in [0.3, 0.4) is 0 Å². The number of fused-ring (bicyclic) bond motifs is 1. The van der Waals surface area contributed by atoms with Gasteiger partial charge in [0.15, 0.2) is 11.6 Å². The van der Waals surface area contributed by atoms with Crippen molar-refractivity contribution in [2.24, 2.45) is 5.73 Å². The highest BCUT2D eigenvalue weighted by molar-refractivity contribution is 7.19. The first-order chi connectivity index (χ1) is 7.70. The summed E-state index contributed by atoms with van der Waals surface area (Å²) in [4.78, 5) is 1.07. The molecule has 1 aliphatic rings. The van der Waals surface area contributed by atoms with Crippen molar-refractivity contribution in [1.82, 2.24) is 0 Å². The van der Waals surface area contributed by atoms with Crippen LogP contribution in [0.1, 0.15) is 29.2 Å². The number of thiophene rings is 1. The van der Waals surface area contributed by atoms with Crippen LogP contribution in [0, 0.1) is 11.6 Å². The zero-order valence-electron chi connectivity index (χ0n) is 8.59. The highest BCUT2D eigenvalue weighted by Gasteiger charge is 2.29. The number of nitrogens with two attached hydrogens (primary N) is 1. The van der Waals surface area contributed by atoms with Crippen molar-refractivity contribution >= 4 is 21.4 Å². The van der Waals surface area contributed by atoms with Crippen molar-refractivity contribution in [3.63, 3.8) is 0 Å². The maximum Gasteiger partial charge on any atom is 0.160 e. The maximum absolute atomic E-state index is 13.2. The molecule has 1 saturated carbocycles. The third-order valence-electron chi connectivity index (χ3n) is 3.02. The van der Waals surface area contributed by atoms with E-state index in [1.165, 1.54) is 23.5 Å². The molecule has 4 heteroatoms. The van der Waals surface area contributed by atoms with E-state index in [4.69, 9.17) is 5.73 Å². The molecular weight excluding hydrogens is 228 g/mol. The van der Waals surface area contributed by atoms with Crippen molar-refractivity contribution in [1.29, 1.82) is 0 Å². The van der Waals surface area contributed by atoms with Gasteiger partial charge in [-0.05, 0) is 41.8 Å². The van der Waals surface area contributed by atoms with Crippen molar-refractivity contribution in [3.05, 3.63) is 34.2 Å². The zero-order valence-corrected chi connectivity index (χ0v) is 9.41. The lowest BCUT2D eigenvalue weighted by molar-refractivity contribution is 0.511. The molecule has 16 heavy (non-hydrogen) atoms. The third-order valence-corrected chi connectivity index (χ3v) is 4.21. The maximum atomic E-state index is 13.2. The molecule has 1 aromatic heterocycles. The molecule has 0 amide bonds. The van der Waals surface area contributed by atoms with Gasteiger partial charge in [-0.25, -0.2) is 8.78 Å². The molecule has 3 rings (SSSR count). The SMILES string of the molecule is NCc1sc2cc(F)c(F)cc2c1C1CC1. The van der Waals surface area contributed by atoms with E-state index in [0.29, 0.717) is 12.5 Å². The van der Waals surface area contributed by atoms with E-state index >= 15 is 0 Å². The second kappa shape index (κ2) is 3.50. The molecule has 0 unspecified atom stereocenters. The Balaban J connectivity index is 2.31. The van der Waals surface area contributed by atoms with Crippen molar-refractivity contribution in [3.8, 4) is 0 Å². The Bertz CT molecular complexity index is 558. The number of hydrogen-bond acceptors (Lipinski definition) is 2. The summed E-state index contributed by atoms with van der Waals surface area (Å²) in [7, 11) is 0. The topological polar surface area (TPSA) is 26.0 Å². The van der Waals surface area contributed by atoms with E-state index in [1.807, 2.05) is 0 Å². The standard InChI is InChI=1S/C12H11F2NS/c13-8-3-7-10(4-9(8)14)16-11(5-15)12(7)6-1-2-6/h3-4,6H,1-2,5,15H2. The van der Waals surface area contributed by atoms with Crippen LogP contribution in [-0.4, -0.2) is 0 Å². The van der Waals surface area contributed by atoms with E-state index in [9.17, 15) is 8.78 Å². The predicted octanol–water partition coefficient (Wildman–Crippen LogP) is 3.52. The van der Waals surface area contributed by atoms with Gasteiger partial charge in [0.05, 0.1) is 0 Å². The third kappa shape index (κ3) is 1.44. The summed E-state index contributed by atoms with van der Waals surface area (Å²) >= 11 is 1.48. The Morgan fingerprint density at radius 1 is 1.25 bits per heavy atom. The van der Waals surface area contributed by atoms with Gasteiger partial charge in [0.25, 0.3) is 0 Å². The second-order valence-corrected chi connectivity index (χ2v) is 5.32. The Kier molecular flexibility index (Phi) is 2.23. The van der Waals surface area contributed by atoms with Crippen LogP contribution >= 0.6 is 11.3 Å². The fourth-order valence-corrected chi connectivity index (χ4v) is 3.31.